The lowest BCUT2D eigenvalue weighted by molar-refractivity contribution is -0.144. The van der Waals surface area contributed by atoms with Gasteiger partial charge < -0.3 is 20.1 Å². The third-order valence-corrected chi connectivity index (χ3v) is 3.22. The van der Waals surface area contributed by atoms with Gasteiger partial charge in [0.15, 0.2) is 6.61 Å². The first kappa shape index (κ1) is 20.7. The minimum absolute atomic E-state index is 0.250. The summed E-state index contributed by atoms with van der Waals surface area (Å²) in [7, 11) is 1.53. The molecule has 2 amide bonds. The number of methoxy groups -OCH3 is 1. The van der Waals surface area contributed by atoms with E-state index in [9.17, 15) is 14.4 Å². The first-order valence-electron chi connectivity index (χ1n) is 7.91. The normalized spacial score (nSPS) is 11.7. The fourth-order valence-corrected chi connectivity index (χ4v) is 1.89. The quantitative estimate of drug-likeness (QED) is 0.402. The zero-order valence-electron chi connectivity index (χ0n) is 14.9. The van der Waals surface area contributed by atoms with Crippen LogP contribution in [0.3, 0.4) is 0 Å². The highest BCUT2D eigenvalue weighted by atomic mass is 16.5. The van der Waals surface area contributed by atoms with Crippen molar-refractivity contribution in [1.29, 1.82) is 5.26 Å². The molecule has 2 N–H and O–H groups in total. The highest BCUT2D eigenvalue weighted by Gasteiger charge is 2.17. The molecule has 0 spiro atoms. The molecular weight excluding hydrogens is 338 g/mol. The van der Waals surface area contributed by atoms with Crippen molar-refractivity contribution in [3.63, 3.8) is 0 Å². The van der Waals surface area contributed by atoms with Gasteiger partial charge in [0, 0.05) is 6.54 Å². The smallest absolute Gasteiger partial charge is 0.349 e. The van der Waals surface area contributed by atoms with E-state index in [-0.39, 0.29) is 11.5 Å². The number of likely N-dealkylation sites (N-methyl/N-ethyl adjacent to an activating group) is 1. The molecule has 1 rings (SSSR count). The molecular formula is C18H21N3O5. The number of esters is 1. The zero-order chi connectivity index (χ0) is 19.5. The third kappa shape index (κ3) is 6.65. The number of nitriles is 1. The van der Waals surface area contributed by atoms with Crippen molar-refractivity contribution in [3.05, 3.63) is 35.4 Å². The van der Waals surface area contributed by atoms with Crippen molar-refractivity contribution < 1.29 is 23.9 Å². The Labute approximate surface area is 151 Å². The van der Waals surface area contributed by atoms with Gasteiger partial charge in [0.05, 0.1) is 7.11 Å². The SMILES string of the molecule is CCNC(=O)[C@@H](C)NC(=O)COC(=O)/C(C#N)=C/c1ccc(OC)cc1. The molecule has 138 valence electrons. The average molecular weight is 359 g/mol. The minimum atomic E-state index is -0.927. The van der Waals surface area contributed by atoms with Gasteiger partial charge >= 0.3 is 5.97 Å². The molecule has 26 heavy (non-hydrogen) atoms. The van der Waals surface area contributed by atoms with Crippen molar-refractivity contribution >= 4 is 23.9 Å². The molecule has 1 aromatic carbocycles. The molecule has 8 nitrogen and oxygen atoms in total. The summed E-state index contributed by atoms with van der Waals surface area (Å²) in [4.78, 5) is 35.2. The standard InChI is InChI=1S/C18H21N3O5/c1-4-20-17(23)12(2)21-16(22)11-26-18(24)14(10-19)9-13-5-7-15(25-3)8-6-13/h5-9,12H,4,11H2,1-3H3,(H,20,23)(H,21,22)/b14-9+/t12-/m1/s1. The third-order valence-electron chi connectivity index (χ3n) is 3.22. The summed E-state index contributed by atoms with van der Waals surface area (Å²) >= 11 is 0. The fourth-order valence-electron chi connectivity index (χ4n) is 1.89. The van der Waals surface area contributed by atoms with Gasteiger partial charge in [0.1, 0.15) is 23.4 Å². The number of nitrogens with one attached hydrogen (secondary N) is 2. The van der Waals surface area contributed by atoms with Gasteiger partial charge in [0.2, 0.25) is 5.91 Å². The molecule has 0 heterocycles. The van der Waals surface area contributed by atoms with Crippen molar-refractivity contribution in [2.75, 3.05) is 20.3 Å². The van der Waals surface area contributed by atoms with Crippen molar-refractivity contribution in [2.24, 2.45) is 0 Å². The van der Waals surface area contributed by atoms with E-state index < -0.39 is 24.5 Å². The van der Waals surface area contributed by atoms with Crippen LogP contribution in [0.1, 0.15) is 19.4 Å². The first-order valence-corrected chi connectivity index (χ1v) is 7.91. The zero-order valence-corrected chi connectivity index (χ0v) is 14.9. The van der Waals surface area contributed by atoms with E-state index in [1.807, 2.05) is 0 Å². The minimum Gasteiger partial charge on any atom is -0.497 e. The molecule has 8 heteroatoms. The number of nitrogens with zero attached hydrogens (tertiary/aromatic N) is 1. The molecule has 0 saturated heterocycles. The van der Waals surface area contributed by atoms with E-state index >= 15 is 0 Å². The Bertz CT molecular complexity index is 719. The second kappa shape index (κ2) is 10.5. The summed E-state index contributed by atoms with van der Waals surface area (Å²) in [5, 5.41) is 14.1. The number of amides is 2. The Morgan fingerprint density at radius 1 is 1.27 bits per heavy atom. The lowest BCUT2D eigenvalue weighted by Crippen LogP contribution is -2.46. The van der Waals surface area contributed by atoms with E-state index in [4.69, 9.17) is 14.7 Å². The van der Waals surface area contributed by atoms with Gasteiger partial charge in [-0.15, -0.1) is 0 Å². The number of carbonyl (C=O) groups is 3. The van der Waals surface area contributed by atoms with Crippen LogP contribution in [-0.4, -0.2) is 44.1 Å². The molecule has 0 bridgehead atoms. The van der Waals surface area contributed by atoms with Crippen LogP contribution in [0, 0.1) is 11.3 Å². The molecule has 0 unspecified atom stereocenters. The summed E-state index contributed by atoms with van der Waals surface area (Å²) in [6.45, 7) is 3.11. The van der Waals surface area contributed by atoms with Gasteiger partial charge in [-0.05, 0) is 37.6 Å². The topological polar surface area (TPSA) is 118 Å². The second-order valence-electron chi connectivity index (χ2n) is 5.20. The predicted molar refractivity (Wildman–Crippen MR) is 93.8 cm³/mol. The summed E-state index contributed by atoms with van der Waals surface area (Å²) in [5.41, 5.74) is 0.355. The number of hydrogen-bond acceptors (Lipinski definition) is 6. The Morgan fingerprint density at radius 2 is 1.92 bits per heavy atom. The second-order valence-corrected chi connectivity index (χ2v) is 5.20. The maximum absolute atomic E-state index is 11.9. The maximum Gasteiger partial charge on any atom is 0.349 e. The Morgan fingerprint density at radius 3 is 2.46 bits per heavy atom. The molecule has 1 aromatic rings. The molecule has 0 aromatic heterocycles. The van der Waals surface area contributed by atoms with E-state index in [0.29, 0.717) is 17.9 Å². The van der Waals surface area contributed by atoms with Crippen LogP contribution in [0.5, 0.6) is 5.75 Å². The van der Waals surface area contributed by atoms with Gasteiger partial charge in [-0.1, -0.05) is 12.1 Å². The summed E-state index contributed by atoms with van der Waals surface area (Å²) < 4.78 is 9.84. The summed E-state index contributed by atoms with van der Waals surface area (Å²) in [5.74, 6) is -1.27. The molecule has 0 saturated carbocycles. The highest BCUT2D eigenvalue weighted by molar-refractivity contribution is 5.99. The van der Waals surface area contributed by atoms with E-state index in [1.54, 1.807) is 37.3 Å². The first-order chi connectivity index (χ1) is 12.4. The van der Waals surface area contributed by atoms with E-state index in [1.165, 1.54) is 20.1 Å². The lowest BCUT2D eigenvalue weighted by atomic mass is 10.1. The molecule has 0 aliphatic heterocycles. The lowest BCUT2D eigenvalue weighted by Gasteiger charge is -2.13. The summed E-state index contributed by atoms with van der Waals surface area (Å²) in [6.07, 6.45) is 1.34. The number of hydrogen-bond donors (Lipinski definition) is 2. The van der Waals surface area contributed by atoms with Crippen LogP contribution in [0.25, 0.3) is 6.08 Å². The van der Waals surface area contributed by atoms with Crippen LogP contribution in [0.4, 0.5) is 0 Å². The molecule has 0 aliphatic carbocycles. The van der Waals surface area contributed by atoms with E-state index in [0.717, 1.165) is 0 Å². The maximum atomic E-state index is 11.9. The monoisotopic (exact) mass is 359 g/mol. The van der Waals surface area contributed by atoms with Crippen LogP contribution in [-0.2, 0) is 19.1 Å². The predicted octanol–water partition coefficient (Wildman–Crippen LogP) is 0.786. The van der Waals surface area contributed by atoms with Crippen molar-refractivity contribution in [3.8, 4) is 11.8 Å². The number of benzene rings is 1. The Kier molecular flexibility index (Phi) is 8.37. The summed E-state index contributed by atoms with van der Waals surface area (Å²) in [6, 6.07) is 7.69. The van der Waals surface area contributed by atoms with Crippen LogP contribution in [0.2, 0.25) is 0 Å². The molecule has 0 radical (unpaired) electrons. The fraction of sp³-hybridized carbons (Fsp3) is 0.333. The highest BCUT2D eigenvalue weighted by Crippen LogP contribution is 2.14. The van der Waals surface area contributed by atoms with Gasteiger partial charge in [-0.25, -0.2) is 4.79 Å². The van der Waals surface area contributed by atoms with Crippen molar-refractivity contribution in [1.82, 2.24) is 10.6 Å². The molecule has 0 fully saturated rings. The number of carbonyl (C=O) groups excluding carboxylic acids is 3. The van der Waals surface area contributed by atoms with Gasteiger partial charge in [0.25, 0.3) is 5.91 Å². The Hall–Kier alpha value is -3.34. The average Bonchev–Trinajstić information content (AvgIpc) is 2.64. The number of ether oxygens (including phenoxy) is 2. The van der Waals surface area contributed by atoms with Gasteiger partial charge in [-0.3, -0.25) is 9.59 Å². The number of rotatable bonds is 8. The Balaban J connectivity index is 2.61. The van der Waals surface area contributed by atoms with Crippen LogP contribution < -0.4 is 15.4 Å². The van der Waals surface area contributed by atoms with Crippen molar-refractivity contribution in [2.45, 2.75) is 19.9 Å². The largest absolute Gasteiger partial charge is 0.497 e. The molecule has 0 aliphatic rings. The van der Waals surface area contributed by atoms with E-state index in [2.05, 4.69) is 10.6 Å². The van der Waals surface area contributed by atoms with Crippen LogP contribution in [0.15, 0.2) is 29.8 Å². The molecule has 1 atom stereocenters. The van der Waals surface area contributed by atoms with Crippen LogP contribution >= 0.6 is 0 Å². The van der Waals surface area contributed by atoms with Gasteiger partial charge in [-0.2, -0.15) is 5.26 Å².